The van der Waals surface area contributed by atoms with Crippen LogP contribution in [-0.4, -0.2) is 53.6 Å². The summed E-state index contributed by atoms with van der Waals surface area (Å²) in [5.41, 5.74) is 3.32. The van der Waals surface area contributed by atoms with Gasteiger partial charge in [-0.1, -0.05) is 17.7 Å². The lowest BCUT2D eigenvalue weighted by Crippen LogP contribution is -2.46. The number of furan rings is 1. The van der Waals surface area contributed by atoms with Crippen LogP contribution in [0, 0.1) is 0 Å². The molecule has 0 radical (unpaired) electrons. The van der Waals surface area contributed by atoms with E-state index in [0.29, 0.717) is 35.2 Å². The number of carbonyl (C=O) groups is 1. The molecule has 1 saturated heterocycles. The number of piperazine rings is 1. The number of carbonyl (C=O) groups excluding carboxylic acids is 1. The van der Waals surface area contributed by atoms with E-state index >= 15 is 0 Å². The Bertz CT molecular complexity index is 1530. The molecule has 204 valence electrons. The van der Waals surface area contributed by atoms with Crippen molar-refractivity contribution in [2.75, 3.05) is 43.2 Å². The Labute approximate surface area is 236 Å². The van der Waals surface area contributed by atoms with Gasteiger partial charge in [-0.05, 0) is 54.1 Å². The Morgan fingerprint density at radius 1 is 0.950 bits per heavy atom. The molecule has 2 aromatic heterocycles. The van der Waals surface area contributed by atoms with Gasteiger partial charge in [0.15, 0.2) is 17.3 Å². The van der Waals surface area contributed by atoms with Gasteiger partial charge in [0.2, 0.25) is 12.7 Å². The second-order valence-corrected chi connectivity index (χ2v) is 10.8. The molecule has 0 spiro atoms. The van der Waals surface area contributed by atoms with Crippen molar-refractivity contribution in [3.8, 4) is 11.5 Å². The molecule has 1 unspecified atom stereocenters. The molecule has 4 heterocycles. The van der Waals surface area contributed by atoms with Crippen LogP contribution < -0.4 is 19.7 Å². The minimum atomic E-state index is -0.0420. The Morgan fingerprint density at radius 3 is 2.58 bits per heavy atom. The molecule has 9 nitrogen and oxygen atoms in total. The zero-order valence-electron chi connectivity index (χ0n) is 21.8. The molecule has 0 saturated carbocycles. The molecule has 1 atom stereocenters. The molecule has 0 bridgehead atoms. The molecule has 0 amide bonds. The number of ether oxygens (including phenoxy) is 2. The van der Waals surface area contributed by atoms with E-state index in [1.54, 1.807) is 6.26 Å². The smallest absolute Gasteiger partial charge is 0.231 e. The minimum absolute atomic E-state index is 0.0132. The Morgan fingerprint density at radius 2 is 1.77 bits per heavy atom. The highest BCUT2D eigenvalue weighted by Crippen LogP contribution is 2.37. The predicted octanol–water partition coefficient (Wildman–Crippen LogP) is 5.43. The van der Waals surface area contributed by atoms with Crippen LogP contribution in [0.1, 0.15) is 39.7 Å². The van der Waals surface area contributed by atoms with Gasteiger partial charge < -0.3 is 24.1 Å². The SMILES string of the molecule is O=C1CC(c2ccco2)Cc2nc(N3CCN(Cc4ccc5c(c4)OCO5)CC3)nc(Nc3ccc(Cl)cc3)c21. The number of halogens is 1. The van der Waals surface area contributed by atoms with E-state index < -0.39 is 0 Å². The van der Waals surface area contributed by atoms with Crippen LogP contribution in [0.2, 0.25) is 5.02 Å². The molecule has 4 aromatic rings. The van der Waals surface area contributed by atoms with Gasteiger partial charge in [0.25, 0.3) is 0 Å². The third-order valence-electron chi connectivity index (χ3n) is 7.67. The summed E-state index contributed by atoms with van der Waals surface area (Å²) in [6, 6.07) is 17.3. The lowest BCUT2D eigenvalue weighted by atomic mass is 9.84. The highest BCUT2D eigenvalue weighted by atomic mass is 35.5. The maximum Gasteiger partial charge on any atom is 0.231 e. The van der Waals surface area contributed by atoms with Crippen LogP contribution >= 0.6 is 11.6 Å². The van der Waals surface area contributed by atoms with Gasteiger partial charge in [-0.15, -0.1) is 0 Å². The maximum absolute atomic E-state index is 13.4. The standard InChI is InChI=1S/C30H28ClN5O4/c31-21-4-6-22(7-5-21)32-29-28-23(15-20(16-24(28)37)25-2-1-13-38-25)33-30(34-29)36-11-9-35(10-12-36)17-19-3-8-26-27(14-19)40-18-39-26/h1-8,13-14,20H,9-12,15-18H2,(H,32,33,34). The Balaban J connectivity index is 1.13. The summed E-state index contributed by atoms with van der Waals surface area (Å²) in [6.07, 6.45) is 2.62. The fourth-order valence-electron chi connectivity index (χ4n) is 5.60. The first-order valence-corrected chi connectivity index (χ1v) is 13.8. The molecular formula is C30H28ClN5O4. The monoisotopic (exact) mass is 557 g/mol. The van der Waals surface area contributed by atoms with Gasteiger partial charge in [0, 0.05) is 62.2 Å². The number of nitrogens with zero attached hydrogens (tertiary/aromatic N) is 4. The number of Topliss-reactive ketones (excluding diaryl/α,β-unsaturated/α-hetero) is 1. The lowest BCUT2D eigenvalue weighted by molar-refractivity contribution is 0.0959. The van der Waals surface area contributed by atoms with E-state index in [1.807, 2.05) is 42.5 Å². The topological polar surface area (TPSA) is 93.0 Å². The van der Waals surface area contributed by atoms with Gasteiger partial charge in [-0.3, -0.25) is 9.69 Å². The van der Waals surface area contributed by atoms with Crippen LogP contribution in [0.15, 0.2) is 65.3 Å². The summed E-state index contributed by atoms with van der Waals surface area (Å²) in [4.78, 5) is 27.9. The van der Waals surface area contributed by atoms with Crippen molar-refractivity contribution in [3.63, 3.8) is 0 Å². The molecule has 7 rings (SSSR count). The highest BCUT2D eigenvalue weighted by Gasteiger charge is 2.33. The van der Waals surface area contributed by atoms with E-state index in [1.165, 1.54) is 5.56 Å². The van der Waals surface area contributed by atoms with E-state index in [-0.39, 0.29) is 18.5 Å². The predicted molar refractivity (Wildman–Crippen MR) is 151 cm³/mol. The summed E-state index contributed by atoms with van der Waals surface area (Å²) in [5.74, 6) is 3.55. The molecule has 40 heavy (non-hydrogen) atoms. The van der Waals surface area contributed by atoms with E-state index in [9.17, 15) is 4.79 Å². The van der Waals surface area contributed by atoms with Crippen molar-refractivity contribution >= 4 is 34.8 Å². The van der Waals surface area contributed by atoms with Gasteiger partial charge in [-0.25, -0.2) is 4.98 Å². The van der Waals surface area contributed by atoms with Gasteiger partial charge in [-0.2, -0.15) is 4.98 Å². The zero-order chi connectivity index (χ0) is 27.1. The molecule has 1 N–H and O–H groups in total. The number of benzene rings is 2. The number of aromatic nitrogens is 2. The molecular weight excluding hydrogens is 530 g/mol. The molecule has 1 aliphatic carbocycles. The largest absolute Gasteiger partial charge is 0.469 e. The third-order valence-corrected chi connectivity index (χ3v) is 7.93. The average Bonchev–Trinajstić information content (AvgIpc) is 3.67. The van der Waals surface area contributed by atoms with Gasteiger partial charge in [0.05, 0.1) is 17.5 Å². The average molecular weight is 558 g/mol. The molecule has 3 aliphatic rings. The van der Waals surface area contributed by atoms with Crippen molar-refractivity contribution in [1.82, 2.24) is 14.9 Å². The number of hydrogen-bond acceptors (Lipinski definition) is 9. The van der Waals surface area contributed by atoms with Crippen LogP contribution in [0.25, 0.3) is 0 Å². The first kappa shape index (κ1) is 24.9. The van der Waals surface area contributed by atoms with E-state index in [2.05, 4.69) is 27.2 Å². The number of anilines is 3. The zero-order valence-corrected chi connectivity index (χ0v) is 22.6. The van der Waals surface area contributed by atoms with Crippen molar-refractivity contribution < 1.29 is 18.7 Å². The highest BCUT2D eigenvalue weighted by molar-refractivity contribution is 6.30. The fourth-order valence-corrected chi connectivity index (χ4v) is 5.72. The molecule has 2 aromatic carbocycles. The second-order valence-electron chi connectivity index (χ2n) is 10.3. The first-order chi connectivity index (χ1) is 19.6. The van der Waals surface area contributed by atoms with Gasteiger partial charge >= 0.3 is 0 Å². The summed E-state index contributed by atoms with van der Waals surface area (Å²) < 4.78 is 16.6. The molecule has 1 fully saturated rings. The van der Waals surface area contributed by atoms with Crippen LogP contribution in [-0.2, 0) is 13.0 Å². The van der Waals surface area contributed by atoms with Crippen LogP contribution in [0.3, 0.4) is 0 Å². The van der Waals surface area contributed by atoms with Crippen LogP contribution in [0.4, 0.5) is 17.5 Å². The molecule has 2 aliphatic heterocycles. The second kappa shape index (κ2) is 10.5. The lowest BCUT2D eigenvalue weighted by Gasteiger charge is -2.35. The number of ketones is 1. The normalized spacial score (nSPS) is 18.6. The van der Waals surface area contributed by atoms with Crippen molar-refractivity contribution in [3.05, 3.63) is 88.5 Å². The van der Waals surface area contributed by atoms with Crippen LogP contribution in [0.5, 0.6) is 11.5 Å². The number of nitrogens with one attached hydrogen (secondary N) is 1. The van der Waals surface area contributed by atoms with Crippen molar-refractivity contribution in [1.29, 1.82) is 0 Å². The Kier molecular flexibility index (Phi) is 6.53. The number of fused-ring (bicyclic) bond motifs is 2. The van der Waals surface area contributed by atoms with E-state index in [4.69, 9.17) is 35.5 Å². The Hall–Kier alpha value is -4.08. The van der Waals surface area contributed by atoms with Gasteiger partial charge in [0.1, 0.15) is 11.6 Å². The molecule has 10 heteroatoms. The first-order valence-electron chi connectivity index (χ1n) is 13.4. The summed E-state index contributed by atoms with van der Waals surface area (Å²) in [6.45, 7) is 4.39. The minimum Gasteiger partial charge on any atom is -0.469 e. The summed E-state index contributed by atoms with van der Waals surface area (Å²) in [7, 11) is 0. The van der Waals surface area contributed by atoms with Crippen molar-refractivity contribution in [2.45, 2.75) is 25.3 Å². The quantitative estimate of drug-likeness (QED) is 0.333. The maximum atomic E-state index is 13.4. The van der Waals surface area contributed by atoms with E-state index in [0.717, 1.165) is 61.4 Å². The third kappa shape index (κ3) is 4.98. The summed E-state index contributed by atoms with van der Waals surface area (Å²) >= 11 is 6.09. The number of hydrogen-bond donors (Lipinski definition) is 1. The summed E-state index contributed by atoms with van der Waals surface area (Å²) in [5, 5.41) is 4.01. The fraction of sp³-hybridized carbons (Fsp3) is 0.300. The number of rotatable bonds is 6. The van der Waals surface area contributed by atoms with Crippen molar-refractivity contribution in [2.24, 2.45) is 0 Å².